The normalized spacial score (nSPS) is 15.0. The fourth-order valence-corrected chi connectivity index (χ4v) is 11.2. The monoisotopic (exact) mass is 1450 g/mol. The minimum absolute atomic E-state index is 0.0766. The molecule has 101 heavy (non-hydrogen) atoms. The first-order valence-corrected chi connectivity index (χ1v) is 41.4. The predicted octanol–water partition coefficient (Wildman–Crippen LogP) is 22.4. The molecule has 0 saturated carbocycles. The molecule has 0 amide bonds. The first-order chi connectivity index (χ1) is 49.2. The standard InChI is InChI=1S/C83H136O16P2/c1-4-7-10-13-16-19-22-25-28-30-32-34-36-37-38-39-41-43-44-46-49-51-54-57-60-63-66-69-81(86)93-72-78(84)73-95-100(89,90)96-74-79(85)75-97-101(91,92)98-77-80(99-83(88)71-68-65-62-59-56-53-48-27-24-21-18-15-12-9-6-3)76-94-82(87)70-67-64-61-58-55-52-50-47-45-42-40-35-33-31-29-26-23-20-17-14-11-8-5-2/h7-8,10-11,16-21,25-29,32-35,37-38,41-43,45,48,50,52,78-80,84-85H,4-6,9,12-15,22-24,30-31,36,39-40,44,46-47,49,51,53-77H2,1-3H3,(H,89,90)(H,91,92)/b10-7-,11-8-,19-16-,20-17-,21-18-,28-25-,29-26-,34-32-,35-33-,38-37-,43-41-,45-42-,48-27-,52-50-. The number of hydrogen-bond donors (Lipinski definition) is 4. The number of rotatable bonds is 71. The number of phosphoric ester groups is 2. The van der Waals surface area contributed by atoms with Gasteiger partial charge in [0.2, 0.25) is 0 Å². The van der Waals surface area contributed by atoms with E-state index in [9.17, 15) is 43.5 Å². The number of unbranched alkanes of at least 4 members (excludes halogenated alkanes) is 20. The molecule has 0 aliphatic heterocycles. The second kappa shape index (κ2) is 74.6. The molecule has 0 aromatic rings. The highest BCUT2D eigenvalue weighted by molar-refractivity contribution is 7.47. The zero-order valence-corrected chi connectivity index (χ0v) is 64.3. The molecule has 0 aliphatic rings. The van der Waals surface area contributed by atoms with Crippen molar-refractivity contribution in [3.63, 3.8) is 0 Å². The van der Waals surface area contributed by atoms with Gasteiger partial charge in [0.15, 0.2) is 6.10 Å². The first-order valence-electron chi connectivity index (χ1n) is 38.4. The summed E-state index contributed by atoms with van der Waals surface area (Å²) in [5.41, 5.74) is 0. The maximum Gasteiger partial charge on any atom is 0.472 e. The number of carbonyl (C=O) groups excluding carboxylic acids is 3. The van der Waals surface area contributed by atoms with Gasteiger partial charge in [-0.15, -0.1) is 0 Å². The van der Waals surface area contributed by atoms with Gasteiger partial charge in [-0.2, -0.15) is 0 Å². The van der Waals surface area contributed by atoms with Gasteiger partial charge in [0.1, 0.15) is 25.4 Å². The summed E-state index contributed by atoms with van der Waals surface area (Å²) in [7, 11) is -9.81. The highest BCUT2D eigenvalue weighted by atomic mass is 31.2. The third-order valence-electron chi connectivity index (χ3n) is 15.4. The lowest BCUT2D eigenvalue weighted by molar-refractivity contribution is -0.161. The van der Waals surface area contributed by atoms with Crippen molar-refractivity contribution in [2.75, 3.05) is 39.6 Å². The Kier molecular flexibility index (Phi) is 70.9. The average Bonchev–Trinajstić information content (AvgIpc) is 0.951. The molecule has 0 aromatic carbocycles. The van der Waals surface area contributed by atoms with Crippen LogP contribution in [0, 0.1) is 0 Å². The maximum absolute atomic E-state index is 13.0. The van der Waals surface area contributed by atoms with E-state index in [1.807, 2.05) is 0 Å². The lowest BCUT2D eigenvalue weighted by Gasteiger charge is -2.21. The van der Waals surface area contributed by atoms with E-state index in [0.717, 1.165) is 180 Å². The van der Waals surface area contributed by atoms with Crippen molar-refractivity contribution in [1.29, 1.82) is 0 Å². The molecule has 0 spiro atoms. The van der Waals surface area contributed by atoms with Crippen LogP contribution < -0.4 is 0 Å². The van der Waals surface area contributed by atoms with Crippen LogP contribution in [0.1, 0.15) is 278 Å². The summed E-state index contributed by atoms with van der Waals surface area (Å²) in [6.07, 6.45) is 93.9. The van der Waals surface area contributed by atoms with Gasteiger partial charge in [-0.3, -0.25) is 32.5 Å². The van der Waals surface area contributed by atoms with Crippen LogP contribution in [0.5, 0.6) is 0 Å². The van der Waals surface area contributed by atoms with Gasteiger partial charge in [0.05, 0.1) is 26.4 Å². The second-order valence-corrected chi connectivity index (χ2v) is 27.9. The molecule has 5 unspecified atom stereocenters. The summed E-state index contributed by atoms with van der Waals surface area (Å²) in [5.74, 6) is -1.64. The van der Waals surface area contributed by atoms with Gasteiger partial charge >= 0.3 is 33.6 Å². The molecule has 0 bridgehead atoms. The van der Waals surface area contributed by atoms with Crippen LogP contribution in [0.25, 0.3) is 0 Å². The summed E-state index contributed by atoms with van der Waals surface area (Å²) >= 11 is 0. The molecule has 0 aromatic heterocycles. The maximum atomic E-state index is 13.0. The second-order valence-electron chi connectivity index (χ2n) is 25.0. The van der Waals surface area contributed by atoms with E-state index in [4.69, 9.17) is 32.3 Å². The quantitative estimate of drug-likeness (QED) is 0.0146. The van der Waals surface area contributed by atoms with Gasteiger partial charge in [-0.05, 0) is 154 Å². The Bertz CT molecular complexity index is 2520. The lowest BCUT2D eigenvalue weighted by Crippen LogP contribution is -2.30. The van der Waals surface area contributed by atoms with Crippen LogP contribution in [-0.4, -0.2) is 95.9 Å². The van der Waals surface area contributed by atoms with Gasteiger partial charge < -0.3 is 34.2 Å². The molecule has 0 rings (SSSR count). The molecule has 0 fully saturated rings. The van der Waals surface area contributed by atoms with Crippen molar-refractivity contribution in [2.24, 2.45) is 0 Å². The van der Waals surface area contributed by atoms with Crippen molar-refractivity contribution < 1.29 is 75.8 Å². The van der Waals surface area contributed by atoms with E-state index in [-0.39, 0.29) is 19.3 Å². The van der Waals surface area contributed by atoms with E-state index >= 15 is 0 Å². The molecule has 5 atom stereocenters. The Morgan fingerprint density at radius 1 is 0.287 bits per heavy atom. The predicted molar refractivity (Wildman–Crippen MR) is 417 cm³/mol. The highest BCUT2D eigenvalue weighted by Crippen LogP contribution is 2.45. The molecule has 0 heterocycles. The number of phosphoric acid groups is 2. The molecule has 0 saturated heterocycles. The topological polar surface area (TPSA) is 231 Å². The van der Waals surface area contributed by atoms with Gasteiger partial charge in [-0.1, -0.05) is 274 Å². The van der Waals surface area contributed by atoms with E-state index < -0.39 is 91.5 Å². The van der Waals surface area contributed by atoms with Crippen molar-refractivity contribution in [3.8, 4) is 0 Å². The molecular formula is C83H136O16P2. The Morgan fingerprint density at radius 3 is 0.832 bits per heavy atom. The summed E-state index contributed by atoms with van der Waals surface area (Å²) in [6, 6.07) is 0. The van der Waals surface area contributed by atoms with Crippen molar-refractivity contribution >= 4 is 33.6 Å². The smallest absolute Gasteiger partial charge is 0.463 e. The van der Waals surface area contributed by atoms with E-state index in [1.54, 1.807) is 0 Å². The Hall–Kier alpha value is -5.09. The average molecular weight is 1450 g/mol. The number of carbonyl (C=O) groups is 3. The summed E-state index contributed by atoms with van der Waals surface area (Å²) in [5, 5.41) is 20.6. The number of esters is 3. The van der Waals surface area contributed by atoms with Crippen LogP contribution in [-0.2, 0) is 55.8 Å². The summed E-state index contributed by atoms with van der Waals surface area (Å²) in [4.78, 5) is 58.6. The van der Waals surface area contributed by atoms with Crippen LogP contribution >= 0.6 is 15.6 Å². The third kappa shape index (κ3) is 75.9. The number of hydrogen-bond acceptors (Lipinski definition) is 14. The molecule has 0 aliphatic carbocycles. The van der Waals surface area contributed by atoms with Gasteiger partial charge in [0, 0.05) is 19.3 Å². The number of ether oxygens (including phenoxy) is 3. The molecule has 0 radical (unpaired) electrons. The minimum atomic E-state index is -4.95. The van der Waals surface area contributed by atoms with E-state index in [0.29, 0.717) is 19.3 Å². The fourth-order valence-electron chi connectivity index (χ4n) is 9.61. The summed E-state index contributed by atoms with van der Waals surface area (Å²) in [6.45, 7) is 2.35. The molecular weight excluding hydrogens is 1310 g/mol. The SMILES string of the molecule is CC/C=C\C/C=C\C/C=C\C/C=C\C/C=C\C/C=C\CCCCCCCCCCC(=O)OCC(O)COP(=O)(O)OCC(O)COP(=O)(O)OCC(COC(=O)CCCCCC/C=C\C/C=C\C/C=C\C/C=C\C/C=C\C/C=C\CC)OC(=O)CCCCCCC/C=C\C/C=C\CCCCC. The molecule has 574 valence electrons. The number of aliphatic hydroxyl groups is 2. The molecule has 18 heteroatoms. The Labute approximate surface area is 612 Å². The van der Waals surface area contributed by atoms with Gasteiger partial charge in [-0.25, -0.2) is 9.13 Å². The number of allylic oxidation sites excluding steroid dienone is 28. The Morgan fingerprint density at radius 2 is 0.525 bits per heavy atom. The van der Waals surface area contributed by atoms with Crippen molar-refractivity contribution in [1.82, 2.24) is 0 Å². The highest BCUT2D eigenvalue weighted by Gasteiger charge is 2.29. The van der Waals surface area contributed by atoms with Crippen LogP contribution in [0.4, 0.5) is 0 Å². The van der Waals surface area contributed by atoms with Crippen LogP contribution in [0.2, 0.25) is 0 Å². The largest absolute Gasteiger partial charge is 0.472 e. The van der Waals surface area contributed by atoms with Crippen LogP contribution in [0.15, 0.2) is 170 Å². The third-order valence-corrected chi connectivity index (χ3v) is 17.3. The van der Waals surface area contributed by atoms with Gasteiger partial charge in [0.25, 0.3) is 0 Å². The van der Waals surface area contributed by atoms with Crippen molar-refractivity contribution in [3.05, 3.63) is 170 Å². The van der Waals surface area contributed by atoms with E-state index in [2.05, 4.69) is 191 Å². The Balaban J connectivity index is 4.65. The first kappa shape index (κ1) is 95.9. The lowest BCUT2D eigenvalue weighted by atomic mass is 10.1. The zero-order chi connectivity index (χ0) is 73.7. The zero-order valence-electron chi connectivity index (χ0n) is 62.5. The molecule has 4 N–H and O–H groups in total. The summed E-state index contributed by atoms with van der Waals surface area (Å²) < 4.78 is 61.1. The minimum Gasteiger partial charge on any atom is -0.463 e. The fraction of sp³-hybridized carbons (Fsp3) is 0.627. The van der Waals surface area contributed by atoms with Crippen molar-refractivity contribution in [2.45, 2.75) is 296 Å². The molecule has 16 nitrogen and oxygen atoms in total. The number of aliphatic hydroxyl groups excluding tert-OH is 2. The van der Waals surface area contributed by atoms with Crippen LogP contribution in [0.3, 0.4) is 0 Å². The van der Waals surface area contributed by atoms with E-state index in [1.165, 1.54) is 38.5 Å².